The molecule has 6 nitrogen and oxygen atoms in total. The summed E-state index contributed by atoms with van der Waals surface area (Å²) in [5.74, 6) is -0.919. The van der Waals surface area contributed by atoms with Crippen LogP contribution in [-0.4, -0.2) is 39.6 Å². The van der Waals surface area contributed by atoms with E-state index in [2.05, 4.69) is 10.4 Å². The molecule has 0 fully saturated rings. The monoisotopic (exact) mass is 512 g/mol. The van der Waals surface area contributed by atoms with E-state index >= 15 is 0 Å². The number of carbonyl (C=O) groups excluding carboxylic acids is 2. The molecule has 4 rings (SSSR count). The largest absolute Gasteiger partial charge is 0.333 e. The second kappa shape index (κ2) is 11.4. The van der Waals surface area contributed by atoms with Crippen molar-refractivity contribution in [3.05, 3.63) is 114 Å². The Labute approximate surface area is 223 Å². The van der Waals surface area contributed by atoms with Crippen LogP contribution < -0.4 is 5.32 Å². The lowest BCUT2D eigenvalue weighted by Gasteiger charge is -2.26. The van der Waals surface area contributed by atoms with E-state index in [1.165, 1.54) is 12.1 Å². The normalized spacial score (nSPS) is 11.4. The Balaban J connectivity index is 1.59. The Morgan fingerprint density at radius 1 is 0.921 bits per heavy atom. The van der Waals surface area contributed by atoms with Gasteiger partial charge in [0.15, 0.2) is 0 Å². The number of nitrogens with zero attached hydrogens (tertiary/aromatic N) is 3. The lowest BCUT2D eigenvalue weighted by molar-refractivity contribution is -0.135. The molecule has 0 aliphatic rings. The van der Waals surface area contributed by atoms with E-state index in [1.807, 2.05) is 94.4 Å². The predicted molar refractivity (Wildman–Crippen MR) is 148 cm³/mol. The molecule has 1 aromatic heterocycles. The molecule has 0 atom stereocenters. The second-order valence-electron chi connectivity index (χ2n) is 10.2. The Morgan fingerprint density at radius 3 is 1.97 bits per heavy atom. The van der Waals surface area contributed by atoms with Crippen LogP contribution in [0, 0.1) is 5.82 Å². The highest BCUT2D eigenvalue weighted by Gasteiger charge is 2.28. The maximum Gasteiger partial charge on any atom is 0.245 e. The van der Waals surface area contributed by atoms with Crippen LogP contribution >= 0.6 is 0 Å². The van der Waals surface area contributed by atoms with Gasteiger partial charge in [0.1, 0.15) is 11.6 Å². The number of halogens is 1. The van der Waals surface area contributed by atoms with Crippen molar-refractivity contribution in [1.82, 2.24) is 14.7 Å². The molecule has 0 spiro atoms. The predicted octanol–water partition coefficient (Wildman–Crippen LogP) is 5.93. The minimum Gasteiger partial charge on any atom is -0.333 e. The number of anilines is 1. The van der Waals surface area contributed by atoms with Gasteiger partial charge in [-0.2, -0.15) is 5.10 Å². The molecule has 2 amide bonds. The van der Waals surface area contributed by atoms with Gasteiger partial charge in [0.25, 0.3) is 0 Å². The average molecular weight is 513 g/mol. The molecule has 0 aliphatic carbocycles. The van der Waals surface area contributed by atoms with Crippen LogP contribution in [0.15, 0.2) is 91.0 Å². The van der Waals surface area contributed by atoms with Crippen LogP contribution in [0.3, 0.4) is 0 Å². The number of carbonyl (C=O) groups is 2. The van der Waals surface area contributed by atoms with E-state index in [-0.39, 0.29) is 29.6 Å². The summed E-state index contributed by atoms with van der Waals surface area (Å²) in [6.45, 7) is 8.19. The van der Waals surface area contributed by atoms with Crippen molar-refractivity contribution in [1.29, 1.82) is 0 Å². The summed E-state index contributed by atoms with van der Waals surface area (Å²) in [4.78, 5) is 28.6. The first-order chi connectivity index (χ1) is 18.2. The first-order valence-electron chi connectivity index (χ1n) is 12.7. The van der Waals surface area contributed by atoms with E-state index in [0.29, 0.717) is 18.1 Å². The van der Waals surface area contributed by atoms with E-state index < -0.39 is 5.92 Å². The van der Waals surface area contributed by atoms with Crippen LogP contribution in [0.2, 0.25) is 0 Å². The van der Waals surface area contributed by atoms with E-state index in [9.17, 15) is 14.0 Å². The van der Waals surface area contributed by atoms with Crippen molar-refractivity contribution < 1.29 is 14.0 Å². The summed E-state index contributed by atoms with van der Waals surface area (Å²) >= 11 is 0. The molecule has 0 radical (unpaired) electrons. The van der Waals surface area contributed by atoms with E-state index in [1.54, 1.807) is 21.7 Å². The molecule has 0 aliphatic heterocycles. The van der Waals surface area contributed by atoms with Gasteiger partial charge in [0, 0.05) is 18.0 Å². The molecular weight excluding hydrogens is 479 g/mol. The molecule has 0 unspecified atom stereocenters. The van der Waals surface area contributed by atoms with Crippen LogP contribution in [-0.2, 0) is 15.0 Å². The van der Waals surface area contributed by atoms with E-state index in [0.717, 1.165) is 16.8 Å². The van der Waals surface area contributed by atoms with Crippen molar-refractivity contribution in [2.75, 3.05) is 18.4 Å². The Kier molecular flexibility index (Phi) is 8.05. The zero-order valence-corrected chi connectivity index (χ0v) is 22.2. The second-order valence-corrected chi connectivity index (χ2v) is 10.2. The van der Waals surface area contributed by atoms with Gasteiger partial charge in [-0.25, -0.2) is 9.07 Å². The Hall–Kier alpha value is -4.26. The third-order valence-corrected chi connectivity index (χ3v) is 6.36. The molecule has 4 aromatic rings. The van der Waals surface area contributed by atoms with Crippen LogP contribution in [0.5, 0.6) is 0 Å². The van der Waals surface area contributed by atoms with Crippen molar-refractivity contribution in [2.45, 2.75) is 39.0 Å². The van der Waals surface area contributed by atoms with Gasteiger partial charge in [-0.15, -0.1) is 0 Å². The summed E-state index contributed by atoms with van der Waals surface area (Å²) in [7, 11) is 0. The zero-order chi connectivity index (χ0) is 27.3. The van der Waals surface area contributed by atoms with Crippen LogP contribution in [0.4, 0.5) is 10.2 Å². The number of hydrogen-bond acceptors (Lipinski definition) is 3. The lowest BCUT2D eigenvalue weighted by atomic mass is 9.90. The van der Waals surface area contributed by atoms with Gasteiger partial charge in [0.05, 0.1) is 23.8 Å². The van der Waals surface area contributed by atoms with Gasteiger partial charge >= 0.3 is 0 Å². The number of amides is 2. The summed E-state index contributed by atoms with van der Waals surface area (Å²) in [5.41, 5.74) is 2.86. The quantitative estimate of drug-likeness (QED) is 0.318. The number of rotatable bonds is 8. The third kappa shape index (κ3) is 6.17. The number of likely N-dealkylation sites (N-methyl/N-ethyl adjacent to an activating group) is 1. The molecule has 196 valence electrons. The number of aromatic nitrogens is 2. The fourth-order valence-electron chi connectivity index (χ4n) is 4.27. The van der Waals surface area contributed by atoms with Gasteiger partial charge < -0.3 is 10.2 Å². The topological polar surface area (TPSA) is 67.2 Å². The molecule has 38 heavy (non-hydrogen) atoms. The molecule has 1 N–H and O–H groups in total. The minimum absolute atomic E-state index is 0.120. The van der Waals surface area contributed by atoms with Gasteiger partial charge in [-0.1, -0.05) is 81.4 Å². The van der Waals surface area contributed by atoms with Crippen molar-refractivity contribution in [3.63, 3.8) is 0 Å². The smallest absolute Gasteiger partial charge is 0.245 e. The summed E-state index contributed by atoms with van der Waals surface area (Å²) < 4.78 is 15.1. The van der Waals surface area contributed by atoms with E-state index in [4.69, 9.17) is 0 Å². The van der Waals surface area contributed by atoms with Crippen LogP contribution in [0.1, 0.15) is 50.4 Å². The number of nitrogens with one attached hydrogen (secondary N) is 1. The van der Waals surface area contributed by atoms with Gasteiger partial charge in [0.2, 0.25) is 11.8 Å². The Bertz CT molecular complexity index is 1340. The highest BCUT2D eigenvalue weighted by molar-refractivity contribution is 5.96. The van der Waals surface area contributed by atoms with Crippen LogP contribution in [0.25, 0.3) is 5.69 Å². The zero-order valence-electron chi connectivity index (χ0n) is 22.2. The summed E-state index contributed by atoms with van der Waals surface area (Å²) in [6.07, 6.45) is 0. The SMILES string of the molecule is CCN(CC(=O)Nc1cc(C(C)(C)C)nn1-c1ccc(F)cc1)C(=O)C(c1ccccc1)c1ccccc1. The minimum atomic E-state index is -0.526. The third-order valence-electron chi connectivity index (χ3n) is 6.36. The fourth-order valence-corrected chi connectivity index (χ4v) is 4.27. The molecule has 0 saturated heterocycles. The molecule has 0 bridgehead atoms. The van der Waals surface area contributed by atoms with Crippen molar-refractivity contribution in [3.8, 4) is 5.69 Å². The maximum atomic E-state index is 13.8. The number of benzene rings is 3. The standard InChI is InChI=1S/C31H33FN4O2/c1-5-35(30(38)29(22-12-8-6-9-13-22)23-14-10-7-11-15-23)21-28(37)33-27-20-26(31(2,3)4)34-36(27)25-18-16-24(32)17-19-25/h6-20,29H,5,21H2,1-4H3,(H,33,37). The number of hydrogen-bond donors (Lipinski definition) is 1. The highest BCUT2D eigenvalue weighted by Crippen LogP contribution is 2.28. The lowest BCUT2D eigenvalue weighted by Crippen LogP contribution is -2.41. The highest BCUT2D eigenvalue weighted by atomic mass is 19.1. The molecule has 0 saturated carbocycles. The van der Waals surface area contributed by atoms with Gasteiger partial charge in [-0.05, 0) is 42.3 Å². The summed E-state index contributed by atoms with van der Waals surface area (Å²) in [5, 5.41) is 7.60. The molecule has 3 aromatic carbocycles. The molecule has 7 heteroatoms. The first kappa shape index (κ1) is 26.8. The van der Waals surface area contributed by atoms with Gasteiger partial charge in [-0.3, -0.25) is 9.59 Å². The molecule has 1 heterocycles. The summed E-state index contributed by atoms with van der Waals surface area (Å²) in [6, 6.07) is 26.9. The Morgan fingerprint density at radius 2 is 1.47 bits per heavy atom. The molecular formula is C31H33FN4O2. The fraction of sp³-hybridized carbons (Fsp3) is 0.258. The first-order valence-corrected chi connectivity index (χ1v) is 12.7. The maximum absolute atomic E-state index is 13.8. The average Bonchev–Trinajstić information content (AvgIpc) is 3.33. The van der Waals surface area contributed by atoms with Crippen molar-refractivity contribution in [2.24, 2.45) is 0 Å². The van der Waals surface area contributed by atoms with Crippen molar-refractivity contribution >= 4 is 17.6 Å².